The number of amides is 2. The van der Waals surface area contributed by atoms with Crippen molar-refractivity contribution in [3.05, 3.63) is 29.8 Å². The monoisotopic (exact) mass is 334 g/mol. The molecule has 0 spiro atoms. The van der Waals surface area contributed by atoms with Gasteiger partial charge in [0.15, 0.2) is 5.78 Å². The third kappa shape index (κ3) is 5.71. The molecule has 1 aromatic rings. The molecule has 0 aliphatic heterocycles. The van der Waals surface area contributed by atoms with E-state index in [1.165, 1.54) is 6.42 Å². The van der Waals surface area contributed by atoms with Crippen molar-refractivity contribution in [2.75, 3.05) is 0 Å². The van der Waals surface area contributed by atoms with E-state index in [0.717, 1.165) is 37.4 Å². The van der Waals surface area contributed by atoms with Gasteiger partial charge in [-0.15, -0.1) is 0 Å². The molecule has 5 nitrogen and oxygen atoms in total. The minimum atomic E-state index is -0.501. The number of nitrogens with two attached hydrogens (primary N) is 1. The zero-order valence-electron chi connectivity index (χ0n) is 13.0. The van der Waals surface area contributed by atoms with E-state index in [0.29, 0.717) is 10.5 Å². The summed E-state index contributed by atoms with van der Waals surface area (Å²) < 4.78 is 0. The summed E-state index contributed by atoms with van der Waals surface area (Å²) in [6.45, 7) is 0. The molecule has 0 unspecified atom stereocenters. The summed E-state index contributed by atoms with van der Waals surface area (Å²) in [7, 11) is 0. The standard InChI is InChI=1S/C17H22N2O3S/c18-16(21)11-10-14(20)13-8-4-5-9-15(13)23-17(22)19-12-6-2-1-3-7-12/h4-5,8-9,12H,1-3,6-7,10-11H2,(H2,18,21)(H,19,22). The van der Waals surface area contributed by atoms with Gasteiger partial charge in [-0.1, -0.05) is 37.5 Å². The van der Waals surface area contributed by atoms with Crippen molar-refractivity contribution < 1.29 is 14.4 Å². The molecule has 1 aliphatic rings. The molecule has 1 aliphatic carbocycles. The van der Waals surface area contributed by atoms with E-state index < -0.39 is 5.91 Å². The second-order valence-corrected chi connectivity index (χ2v) is 6.77. The number of hydrogen-bond acceptors (Lipinski definition) is 4. The third-order valence-electron chi connectivity index (χ3n) is 3.92. The van der Waals surface area contributed by atoms with Crippen LogP contribution in [0, 0.1) is 0 Å². The Morgan fingerprint density at radius 2 is 1.78 bits per heavy atom. The van der Waals surface area contributed by atoms with Crippen LogP contribution < -0.4 is 11.1 Å². The average molecular weight is 334 g/mol. The van der Waals surface area contributed by atoms with Crippen LogP contribution in [0.4, 0.5) is 4.79 Å². The normalized spacial score (nSPS) is 15.1. The zero-order chi connectivity index (χ0) is 16.7. The molecule has 124 valence electrons. The molecule has 6 heteroatoms. The second-order valence-electron chi connectivity index (χ2n) is 5.75. The summed E-state index contributed by atoms with van der Waals surface area (Å²) in [6.07, 6.45) is 5.66. The number of carbonyl (C=O) groups excluding carboxylic acids is 3. The number of benzene rings is 1. The third-order valence-corrected chi connectivity index (χ3v) is 4.79. The molecule has 0 bridgehead atoms. The quantitative estimate of drug-likeness (QED) is 0.617. The van der Waals surface area contributed by atoms with Gasteiger partial charge >= 0.3 is 0 Å². The zero-order valence-corrected chi connectivity index (χ0v) is 13.9. The van der Waals surface area contributed by atoms with Gasteiger partial charge in [0, 0.05) is 29.3 Å². The van der Waals surface area contributed by atoms with E-state index in [4.69, 9.17) is 5.73 Å². The number of nitrogens with one attached hydrogen (secondary N) is 1. The van der Waals surface area contributed by atoms with E-state index in [1.807, 2.05) is 0 Å². The summed E-state index contributed by atoms with van der Waals surface area (Å²) in [6, 6.07) is 7.21. The highest BCUT2D eigenvalue weighted by atomic mass is 32.2. The highest BCUT2D eigenvalue weighted by Crippen LogP contribution is 2.26. The summed E-state index contributed by atoms with van der Waals surface area (Å²) in [4.78, 5) is 35.8. The number of primary amides is 1. The molecule has 1 fully saturated rings. The fourth-order valence-electron chi connectivity index (χ4n) is 2.70. The number of ketones is 1. The maximum Gasteiger partial charge on any atom is 0.284 e. The van der Waals surface area contributed by atoms with Crippen molar-refractivity contribution in [3.63, 3.8) is 0 Å². The Bertz CT molecular complexity index is 583. The number of hydrogen-bond donors (Lipinski definition) is 2. The van der Waals surface area contributed by atoms with Gasteiger partial charge in [0.1, 0.15) is 0 Å². The van der Waals surface area contributed by atoms with Crippen molar-refractivity contribution in [1.82, 2.24) is 5.32 Å². The Morgan fingerprint density at radius 1 is 1.09 bits per heavy atom. The van der Waals surface area contributed by atoms with Crippen molar-refractivity contribution in [2.24, 2.45) is 5.73 Å². The topological polar surface area (TPSA) is 89.3 Å². The van der Waals surface area contributed by atoms with Crippen LogP contribution in [0.25, 0.3) is 0 Å². The SMILES string of the molecule is NC(=O)CCC(=O)c1ccccc1SC(=O)NC1CCCCC1. The first-order chi connectivity index (χ1) is 11.1. The summed E-state index contributed by atoms with van der Waals surface area (Å²) >= 11 is 1.04. The molecule has 1 aromatic carbocycles. The molecule has 0 radical (unpaired) electrons. The minimum absolute atomic E-state index is 0.0199. The Kier molecular flexibility index (Phi) is 6.65. The van der Waals surface area contributed by atoms with E-state index in [1.54, 1.807) is 24.3 Å². The first-order valence-electron chi connectivity index (χ1n) is 7.95. The second kappa shape index (κ2) is 8.72. The Labute approximate surface area is 140 Å². The van der Waals surface area contributed by atoms with Crippen LogP contribution in [0.15, 0.2) is 29.2 Å². The van der Waals surface area contributed by atoms with Gasteiger partial charge in [-0.3, -0.25) is 14.4 Å². The maximum absolute atomic E-state index is 12.2. The molecule has 23 heavy (non-hydrogen) atoms. The van der Waals surface area contributed by atoms with Crippen LogP contribution in [-0.4, -0.2) is 23.0 Å². The minimum Gasteiger partial charge on any atom is -0.370 e. The molecule has 1 saturated carbocycles. The highest BCUT2D eigenvalue weighted by molar-refractivity contribution is 8.13. The summed E-state index contributed by atoms with van der Waals surface area (Å²) in [5.41, 5.74) is 5.55. The van der Waals surface area contributed by atoms with Crippen LogP contribution in [0.1, 0.15) is 55.3 Å². The average Bonchev–Trinajstić information content (AvgIpc) is 2.54. The summed E-state index contributed by atoms with van der Waals surface area (Å²) in [5, 5.41) is 2.89. The fourth-order valence-corrected chi connectivity index (χ4v) is 3.56. The molecule has 3 N–H and O–H groups in total. The van der Waals surface area contributed by atoms with Gasteiger partial charge in [-0.2, -0.15) is 0 Å². The van der Waals surface area contributed by atoms with Gasteiger partial charge in [0.05, 0.1) is 0 Å². The van der Waals surface area contributed by atoms with Crippen molar-refractivity contribution in [2.45, 2.75) is 55.9 Å². The lowest BCUT2D eigenvalue weighted by Gasteiger charge is -2.22. The number of rotatable bonds is 6. The Hall–Kier alpha value is -1.82. The first-order valence-corrected chi connectivity index (χ1v) is 8.77. The number of Topliss-reactive ketones (excluding diaryl/α,β-unsaturated/α-hetero) is 1. The molecule has 0 aromatic heterocycles. The van der Waals surface area contributed by atoms with Crippen LogP contribution in [0.2, 0.25) is 0 Å². The Morgan fingerprint density at radius 3 is 2.48 bits per heavy atom. The fraction of sp³-hybridized carbons (Fsp3) is 0.471. The summed E-state index contributed by atoms with van der Waals surface area (Å²) in [5.74, 6) is -0.670. The highest BCUT2D eigenvalue weighted by Gasteiger charge is 2.19. The predicted octanol–water partition coefficient (Wildman–Crippen LogP) is 3.27. The van der Waals surface area contributed by atoms with Crippen molar-refractivity contribution in [1.29, 1.82) is 0 Å². The predicted molar refractivity (Wildman–Crippen MR) is 90.5 cm³/mol. The number of thioether (sulfide) groups is 1. The molecule has 0 saturated heterocycles. The van der Waals surface area contributed by atoms with Crippen LogP contribution in [0.5, 0.6) is 0 Å². The van der Waals surface area contributed by atoms with Gasteiger partial charge < -0.3 is 11.1 Å². The van der Waals surface area contributed by atoms with Crippen LogP contribution in [0.3, 0.4) is 0 Å². The van der Waals surface area contributed by atoms with Gasteiger partial charge in [-0.25, -0.2) is 0 Å². The van der Waals surface area contributed by atoms with E-state index in [-0.39, 0.29) is 29.9 Å². The molecule has 0 heterocycles. The van der Waals surface area contributed by atoms with E-state index in [9.17, 15) is 14.4 Å². The maximum atomic E-state index is 12.2. The van der Waals surface area contributed by atoms with Gasteiger partial charge in [0.2, 0.25) is 5.91 Å². The largest absolute Gasteiger partial charge is 0.370 e. The smallest absolute Gasteiger partial charge is 0.284 e. The lowest BCUT2D eigenvalue weighted by molar-refractivity contribution is -0.118. The van der Waals surface area contributed by atoms with Crippen molar-refractivity contribution >= 4 is 28.7 Å². The molecule has 2 amide bonds. The Balaban J connectivity index is 1.97. The van der Waals surface area contributed by atoms with E-state index >= 15 is 0 Å². The molecule has 0 atom stereocenters. The van der Waals surface area contributed by atoms with Crippen LogP contribution in [-0.2, 0) is 4.79 Å². The lowest BCUT2D eigenvalue weighted by Crippen LogP contribution is -2.33. The molecule has 2 rings (SSSR count). The molecular formula is C17H22N2O3S. The molecular weight excluding hydrogens is 312 g/mol. The van der Waals surface area contributed by atoms with Gasteiger partial charge in [-0.05, 0) is 30.7 Å². The number of carbonyl (C=O) groups is 3. The van der Waals surface area contributed by atoms with Crippen molar-refractivity contribution in [3.8, 4) is 0 Å². The first kappa shape index (κ1) is 17.5. The van der Waals surface area contributed by atoms with E-state index in [2.05, 4.69) is 5.32 Å². The van der Waals surface area contributed by atoms with Gasteiger partial charge in [0.25, 0.3) is 5.24 Å². The van der Waals surface area contributed by atoms with Crippen LogP contribution >= 0.6 is 11.8 Å². The lowest BCUT2D eigenvalue weighted by atomic mass is 9.96.